The molecule has 0 amide bonds. The molecule has 3 rings (SSSR count). The van der Waals surface area contributed by atoms with Gasteiger partial charge in [0.25, 0.3) is 0 Å². The van der Waals surface area contributed by atoms with Gasteiger partial charge in [-0.25, -0.2) is 19.7 Å². The molecule has 0 aliphatic rings. The van der Waals surface area contributed by atoms with Crippen molar-refractivity contribution >= 4 is 11.2 Å². The predicted octanol–water partition coefficient (Wildman–Crippen LogP) is 3.81. The molecule has 0 bridgehead atoms. The molecule has 0 unspecified atom stereocenters. The Morgan fingerprint density at radius 3 is 1.89 bits per heavy atom. The molecule has 0 spiro atoms. The maximum atomic E-state index is 11.5. The third kappa shape index (κ3) is 4.64. The van der Waals surface area contributed by atoms with Crippen molar-refractivity contribution in [3.63, 3.8) is 0 Å². The number of hydrogen-bond donors (Lipinski definition) is 0. The van der Waals surface area contributed by atoms with Crippen LogP contribution in [-0.4, -0.2) is 29.1 Å². The minimum absolute atomic E-state index is 0.00197. The van der Waals surface area contributed by atoms with Crippen LogP contribution in [0.3, 0.4) is 0 Å². The van der Waals surface area contributed by atoms with E-state index < -0.39 is 0 Å². The predicted molar refractivity (Wildman–Crippen MR) is 113 cm³/mol. The van der Waals surface area contributed by atoms with Crippen LogP contribution in [-0.2, 0) is 11.1 Å². The number of imidazole rings is 1. The first-order valence-corrected chi connectivity index (χ1v) is 9.48. The van der Waals surface area contributed by atoms with Gasteiger partial charge in [0.05, 0.1) is 12.0 Å². The number of aromatic nitrogens is 6. The van der Waals surface area contributed by atoms with Crippen molar-refractivity contribution in [2.45, 2.75) is 80.3 Å². The molecule has 0 aromatic carbocycles. The average Bonchev–Trinajstić information content (AvgIpc) is 2.94. The van der Waals surface area contributed by atoms with E-state index in [1.807, 2.05) is 61.0 Å². The van der Waals surface area contributed by atoms with Crippen molar-refractivity contribution in [2.75, 3.05) is 0 Å². The normalized spacial score (nSPS) is 12.1. The van der Waals surface area contributed by atoms with Gasteiger partial charge in [0, 0.05) is 23.0 Å². The van der Waals surface area contributed by atoms with Gasteiger partial charge in [-0.15, -0.1) is 0 Å². The van der Waals surface area contributed by atoms with Crippen LogP contribution in [0.4, 0.5) is 0 Å². The van der Waals surface area contributed by atoms with E-state index in [2.05, 4.69) is 45.3 Å². The summed E-state index contributed by atoms with van der Waals surface area (Å²) in [5.74, 6) is 0.797. The molecule has 28 heavy (non-hydrogen) atoms. The molecular formula is C21H32N6O. The summed E-state index contributed by atoms with van der Waals surface area (Å²) >= 11 is 0. The van der Waals surface area contributed by atoms with Gasteiger partial charge in [-0.1, -0.05) is 0 Å². The first-order chi connectivity index (χ1) is 12.7. The third-order valence-electron chi connectivity index (χ3n) is 4.49. The lowest BCUT2D eigenvalue weighted by atomic mass is 10.1. The largest absolute Gasteiger partial charge is 0.348 e. The highest BCUT2D eigenvalue weighted by atomic mass is 16.1. The van der Waals surface area contributed by atoms with Crippen LogP contribution in [0.5, 0.6) is 0 Å². The number of hydrogen-bond acceptors (Lipinski definition) is 5. The van der Waals surface area contributed by atoms with Crippen molar-refractivity contribution < 1.29 is 0 Å². The van der Waals surface area contributed by atoms with E-state index in [4.69, 9.17) is 0 Å². The SMILES string of the molecule is Cc1cn(C(C)(C)C)c(=O)nc1C.Cc1nc(C)c2ncn(C(C)(C)C)c2n1. The van der Waals surface area contributed by atoms with Crippen molar-refractivity contribution in [1.29, 1.82) is 0 Å². The lowest BCUT2D eigenvalue weighted by Crippen LogP contribution is -2.35. The molecule has 3 heterocycles. The summed E-state index contributed by atoms with van der Waals surface area (Å²) in [6, 6.07) is 0. The number of aryl methyl sites for hydroxylation is 4. The third-order valence-corrected chi connectivity index (χ3v) is 4.49. The molecular weight excluding hydrogens is 352 g/mol. The minimum Gasteiger partial charge on any atom is -0.310 e. The van der Waals surface area contributed by atoms with Crippen LogP contribution in [0, 0.1) is 27.7 Å². The van der Waals surface area contributed by atoms with Crippen LogP contribution in [0.25, 0.3) is 11.2 Å². The summed E-state index contributed by atoms with van der Waals surface area (Å²) in [5, 5.41) is 0. The maximum absolute atomic E-state index is 11.5. The molecule has 7 nitrogen and oxygen atoms in total. The zero-order chi connectivity index (χ0) is 21.4. The Kier molecular flexibility index (Phi) is 5.78. The molecule has 0 radical (unpaired) electrons. The zero-order valence-corrected chi connectivity index (χ0v) is 18.7. The highest BCUT2D eigenvalue weighted by Gasteiger charge is 2.18. The highest BCUT2D eigenvalue weighted by Crippen LogP contribution is 2.21. The van der Waals surface area contributed by atoms with Gasteiger partial charge in [-0.2, -0.15) is 4.98 Å². The van der Waals surface area contributed by atoms with Gasteiger partial charge in [0.1, 0.15) is 11.3 Å². The molecule has 7 heteroatoms. The number of fused-ring (bicyclic) bond motifs is 1. The molecule has 0 N–H and O–H groups in total. The quantitative estimate of drug-likeness (QED) is 0.589. The Labute approximate surface area is 166 Å². The minimum atomic E-state index is -0.192. The smallest absolute Gasteiger partial charge is 0.310 e. The van der Waals surface area contributed by atoms with Crippen molar-refractivity contribution in [1.82, 2.24) is 29.1 Å². The molecule has 0 fully saturated rings. The van der Waals surface area contributed by atoms with Crippen LogP contribution < -0.4 is 5.69 Å². The molecule has 0 atom stereocenters. The molecule has 0 saturated heterocycles. The Balaban J connectivity index is 0.000000203. The topological polar surface area (TPSA) is 78.5 Å². The van der Waals surface area contributed by atoms with E-state index in [1.165, 1.54) is 0 Å². The van der Waals surface area contributed by atoms with Gasteiger partial charge < -0.3 is 4.57 Å². The molecule has 3 aromatic heterocycles. The van der Waals surface area contributed by atoms with Gasteiger partial charge in [-0.3, -0.25) is 4.57 Å². The lowest BCUT2D eigenvalue weighted by molar-refractivity contribution is 0.375. The van der Waals surface area contributed by atoms with Crippen LogP contribution >= 0.6 is 0 Å². The molecule has 152 valence electrons. The second-order valence-electron chi connectivity index (χ2n) is 9.15. The van der Waals surface area contributed by atoms with Gasteiger partial charge >= 0.3 is 5.69 Å². The Morgan fingerprint density at radius 2 is 1.36 bits per heavy atom. The second kappa shape index (κ2) is 7.45. The monoisotopic (exact) mass is 384 g/mol. The van der Waals surface area contributed by atoms with E-state index >= 15 is 0 Å². The van der Waals surface area contributed by atoms with E-state index in [9.17, 15) is 4.79 Å². The number of nitrogens with zero attached hydrogens (tertiary/aromatic N) is 6. The summed E-state index contributed by atoms with van der Waals surface area (Å²) < 4.78 is 3.75. The maximum Gasteiger partial charge on any atom is 0.348 e. The van der Waals surface area contributed by atoms with Crippen molar-refractivity contribution in [2.24, 2.45) is 0 Å². The van der Waals surface area contributed by atoms with Crippen LogP contribution in [0.15, 0.2) is 17.3 Å². The standard InChI is InChI=1S/C11H16N4.C10H16N2O/c1-7-9-10(14-8(2)13-7)15(6-12-9)11(3,4)5;1-7-6-12(10(3,4)5)9(13)11-8(7)2/h6H,1-5H3;6H,1-5H3. The molecule has 3 aromatic rings. The van der Waals surface area contributed by atoms with E-state index in [1.54, 1.807) is 4.57 Å². The molecule has 0 aliphatic heterocycles. The Hall–Kier alpha value is -2.57. The fraction of sp³-hybridized carbons (Fsp3) is 0.571. The molecule has 0 aliphatic carbocycles. The van der Waals surface area contributed by atoms with E-state index in [0.717, 1.165) is 33.9 Å². The molecule has 0 saturated carbocycles. The van der Waals surface area contributed by atoms with Crippen LogP contribution in [0.1, 0.15) is 64.3 Å². The lowest BCUT2D eigenvalue weighted by Gasteiger charge is -2.22. The zero-order valence-electron chi connectivity index (χ0n) is 18.7. The summed E-state index contributed by atoms with van der Waals surface area (Å²) in [5.41, 5.74) is 4.27. The first-order valence-electron chi connectivity index (χ1n) is 9.48. The Bertz CT molecular complexity index is 1050. The summed E-state index contributed by atoms with van der Waals surface area (Å²) in [4.78, 5) is 28.6. The van der Waals surface area contributed by atoms with Crippen molar-refractivity contribution in [3.05, 3.63) is 45.8 Å². The number of rotatable bonds is 0. The van der Waals surface area contributed by atoms with Gasteiger partial charge in [-0.05, 0) is 74.8 Å². The van der Waals surface area contributed by atoms with E-state index in [0.29, 0.717) is 0 Å². The Morgan fingerprint density at radius 1 is 0.786 bits per heavy atom. The van der Waals surface area contributed by atoms with Crippen molar-refractivity contribution in [3.8, 4) is 0 Å². The average molecular weight is 385 g/mol. The summed E-state index contributed by atoms with van der Waals surface area (Å²) in [6.45, 7) is 20.1. The summed E-state index contributed by atoms with van der Waals surface area (Å²) in [7, 11) is 0. The van der Waals surface area contributed by atoms with Crippen LogP contribution in [0.2, 0.25) is 0 Å². The first kappa shape index (κ1) is 21.7. The van der Waals surface area contributed by atoms with E-state index in [-0.39, 0.29) is 16.8 Å². The fourth-order valence-corrected chi connectivity index (χ4v) is 2.78. The fourth-order valence-electron chi connectivity index (χ4n) is 2.78. The van der Waals surface area contributed by atoms with Gasteiger partial charge in [0.15, 0.2) is 5.65 Å². The van der Waals surface area contributed by atoms with Gasteiger partial charge in [0.2, 0.25) is 0 Å². The summed E-state index contributed by atoms with van der Waals surface area (Å²) in [6.07, 6.45) is 3.70. The second-order valence-corrected chi connectivity index (χ2v) is 9.15. The highest BCUT2D eigenvalue weighted by molar-refractivity contribution is 5.73.